The summed E-state index contributed by atoms with van der Waals surface area (Å²) in [6.45, 7) is 4.00. The molecule has 1 aliphatic rings. The van der Waals surface area contributed by atoms with E-state index in [0.29, 0.717) is 16.0 Å². The minimum atomic E-state index is -0.531. The van der Waals surface area contributed by atoms with E-state index in [-0.39, 0.29) is 0 Å². The molecular weight excluding hydrogens is 250 g/mol. The van der Waals surface area contributed by atoms with Crippen LogP contribution in [0.5, 0.6) is 0 Å². The highest BCUT2D eigenvalue weighted by Crippen LogP contribution is 2.42. The number of hydrogen-bond acceptors (Lipinski definition) is 0. The van der Waals surface area contributed by atoms with E-state index in [1.165, 1.54) is 0 Å². The molecule has 1 fully saturated rings. The first kappa shape index (κ1) is 11.6. The van der Waals surface area contributed by atoms with E-state index in [0.717, 1.165) is 18.9 Å². The zero-order chi connectivity index (χ0) is 10.7. The Kier molecular flexibility index (Phi) is 4.05. The maximum absolute atomic E-state index is 13.1. The molecule has 0 nitrogen and oxygen atoms in total. The Bertz CT molecular complexity index is 319. The maximum Gasteiger partial charge on any atom is 0.140 e. The number of benzene rings is 1. The van der Waals surface area contributed by atoms with Crippen molar-refractivity contribution in [3.8, 4) is 0 Å². The van der Waals surface area contributed by atoms with Crippen LogP contribution in [-0.2, 0) is 0 Å². The average Bonchev–Trinajstić information content (AvgIpc) is 2.98. The molecule has 14 heavy (non-hydrogen) atoms. The summed E-state index contributed by atoms with van der Waals surface area (Å²) in [4.78, 5) is 0. The van der Waals surface area contributed by atoms with Crippen molar-refractivity contribution in [2.24, 2.45) is 0 Å². The summed E-state index contributed by atoms with van der Waals surface area (Å²) in [5, 5.41) is 0. The van der Waals surface area contributed by atoms with Gasteiger partial charge in [0.05, 0.1) is 4.47 Å². The summed E-state index contributed by atoms with van der Waals surface area (Å²) in [7, 11) is 0. The van der Waals surface area contributed by atoms with E-state index in [2.05, 4.69) is 15.9 Å². The summed E-state index contributed by atoms with van der Waals surface area (Å²) >= 11 is 3.03. The smallest absolute Gasteiger partial charge is 0.140 e. The minimum Gasteiger partial charge on any atom is -0.207 e. The summed E-state index contributed by atoms with van der Waals surface area (Å²) < 4.78 is 26.2. The molecule has 78 valence electrons. The van der Waals surface area contributed by atoms with Gasteiger partial charge in [0.2, 0.25) is 0 Å². The summed E-state index contributed by atoms with van der Waals surface area (Å²) in [6, 6.07) is 2.49. The van der Waals surface area contributed by atoms with Crippen LogP contribution in [0.2, 0.25) is 0 Å². The van der Waals surface area contributed by atoms with Gasteiger partial charge in [-0.15, -0.1) is 0 Å². The van der Waals surface area contributed by atoms with Gasteiger partial charge in [-0.25, -0.2) is 8.78 Å². The van der Waals surface area contributed by atoms with Gasteiger partial charge in [0.15, 0.2) is 0 Å². The quantitative estimate of drug-likeness (QED) is 0.648. The van der Waals surface area contributed by atoms with E-state index < -0.39 is 11.6 Å². The maximum atomic E-state index is 13.1. The van der Waals surface area contributed by atoms with E-state index in [1.54, 1.807) is 6.07 Å². The van der Waals surface area contributed by atoms with Gasteiger partial charge in [0.1, 0.15) is 11.6 Å². The van der Waals surface area contributed by atoms with Crippen molar-refractivity contribution in [1.82, 2.24) is 0 Å². The molecule has 0 heterocycles. The van der Waals surface area contributed by atoms with E-state index >= 15 is 0 Å². The molecule has 0 N–H and O–H groups in total. The van der Waals surface area contributed by atoms with Crippen LogP contribution in [0.15, 0.2) is 16.6 Å². The molecule has 0 spiro atoms. The van der Waals surface area contributed by atoms with Gasteiger partial charge >= 0.3 is 0 Å². The molecule has 0 atom stereocenters. The fourth-order valence-corrected chi connectivity index (χ4v) is 1.61. The van der Waals surface area contributed by atoms with Gasteiger partial charge in [-0.3, -0.25) is 0 Å². The van der Waals surface area contributed by atoms with Crippen molar-refractivity contribution < 1.29 is 8.78 Å². The fraction of sp³-hybridized carbons (Fsp3) is 0.455. The van der Waals surface area contributed by atoms with Crippen LogP contribution in [-0.4, -0.2) is 0 Å². The van der Waals surface area contributed by atoms with E-state index in [9.17, 15) is 8.78 Å². The predicted molar refractivity (Wildman–Crippen MR) is 57.4 cm³/mol. The first-order chi connectivity index (χ1) is 6.68. The lowest BCUT2D eigenvalue weighted by Gasteiger charge is -2.01. The molecule has 2 rings (SSSR count). The van der Waals surface area contributed by atoms with Crippen molar-refractivity contribution in [2.75, 3.05) is 0 Å². The monoisotopic (exact) mass is 262 g/mol. The van der Waals surface area contributed by atoms with Gasteiger partial charge in [0, 0.05) is 6.07 Å². The van der Waals surface area contributed by atoms with Gasteiger partial charge in [-0.1, -0.05) is 13.8 Å². The van der Waals surface area contributed by atoms with Crippen LogP contribution in [0.1, 0.15) is 38.2 Å². The molecule has 1 aromatic carbocycles. The molecule has 1 aliphatic carbocycles. The SMILES string of the molecule is CC.Fc1cc(F)c(C2CC2)cc1Br. The van der Waals surface area contributed by atoms with Crippen molar-refractivity contribution in [1.29, 1.82) is 0 Å². The lowest BCUT2D eigenvalue weighted by atomic mass is 10.1. The normalized spacial score (nSPS) is 14.6. The highest BCUT2D eigenvalue weighted by Gasteiger charge is 2.27. The molecule has 0 saturated heterocycles. The van der Waals surface area contributed by atoms with Gasteiger partial charge in [0.25, 0.3) is 0 Å². The second-order valence-corrected chi connectivity index (χ2v) is 3.92. The molecule has 1 aromatic rings. The zero-order valence-corrected chi connectivity index (χ0v) is 9.87. The standard InChI is InChI=1S/C9H7BrF2.C2H6/c10-7-3-6(5-1-2-5)8(11)4-9(7)12;1-2/h3-5H,1-2H2;1-2H3. The molecule has 3 heteroatoms. The van der Waals surface area contributed by atoms with Crippen molar-refractivity contribution in [3.05, 3.63) is 33.8 Å². The fourth-order valence-electron chi connectivity index (χ4n) is 1.25. The molecule has 0 unspecified atom stereocenters. The summed E-state index contributed by atoms with van der Waals surface area (Å²) in [5.74, 6) is -0.628. The second kappa shape index (κ2) is 4.87. The predicted octanol–water partition coefficient (Wildman–Crippen LogP) is 4.63. The Hall–Kier alpha value is -0.440. The van der Waals surface area contributed by atoms with Crippen molar-refractivity contribution >= 4 is 15.9 Å². The highest BCUT2D eigenvalue weighted by atomic mass is 79.9. The van der Waals surface area contributed by atoms with Gasteiger partial charge in [-0.05, 0) is 46.3 Å². The molecule has 1 saturated carbocycles. The molecule has 0 aliphatic heterocycles. The Labute approximate surface area is 91.5 Å². The van der Waals surface area contributed by atoms with E-state index in [4.69, 9.17) is 0 Å². The van der Waals surface area contributed by atoms with Crippen LogP contribution < -0.4 is 0 Å². The van der Waals surface area contributed by atoms with E-state index in [1.807, 2.05) is 13.8 Å². The third-order valence-electron chi connectivity index (χ3n) is 2.06. The van der Waals surface area contributed by atoms with Crippen LogP contribution in [0.4, 0.5) is 8.78 Å². The molecule has 0 bridgehead atoms. The van der Waals surface area contributed by atoms with Crippen molar-refractivity contribution in [2.45, 2.75) is 32.6 Å². The Morgan fingerprint density at radius 1 is 1.14 bits per heavy atom. The lowest BCUT2D eigenvalue weighted by molar-refractivity contribution is 0.568. The van der Waals surface area contributed by atoms with Crippen LogP contribution in [0, 0.1) is 11.6 Å². The van der Waals surface area contributed by atoms with Crippen LogP contribution in [0.25, 0.3) is 0 Å². The van der Waals surface area contributed by atoms with Crippen molar-refractivity contribution in [3.63, 3.8) is 0 Å². The third kappa shape index (κ3) is 2.53. The Balaban J connectivity index is 0.000000461. The number of halogens is 3. The molecule has 0 amide bonds. The first-order valence-electron chi connectivity index (χ1n) is 4.83. The largest absolute Gasteiger partial charge is 0.207 e. The first-order valence-corrected chi connectivity index (χ1v) is 5.62. The zero-order valence-electron chi connectivity index (χ0n) is 8.28. The average molecular weight is 263 g/mol. The van der Waals surface area contributed by atoms with Crippen LogP contribution in [0.3, 0.4) is 0 Å². The molecular formula is C11H13BrF2. The summed E-state index contributed by atoms with van der Waals surface area (Å²) in [5.41, 5.74) is 0.642. The second-order valence-electron chi connectivity index (χ2n) is 3.06. The summed E-state index contributed by atoms with van der Waals surface area (Å²) in [6.07, 6.45) is 2.05. The minimum absolute atomic E-state index is 0.321. The highest BCUT2D eigenvalue weighted by molar-refractivity contribution is 9.10. The van der Waals surface area contributed by atoms with Gasteiger partial charge < -0.3 is 0 Å². The Morgan fingerprint density at radius 3 is 2.21 bits per heavy atom. The van der Waals surface area contributed by atoms with Crippen LogP contribution >= 0.6 is 15.9 Å². The number of hydrogen-bond donors (Lipinski definition) is 0. The topological polar surface area (TPSA) is 0 Å². The molecule has 0 aromatic heterocycles. The lowest BCUT2D eigenvalue weighted by Crippen LogP contribution is -1.89. The van der Waals surface area contributed by atoms with Gasteiger partial charge in [-0.2, -0.15) is 0 Å². The number of rotatable bonds is 1. The third-order valence-corrected chi connectivity index (χ3v) is 2.66. The molecule has 0 radical (unpaired) electrons. The Morgan fingerprint density at radius 2 is 1.71 bits per heavy atom.